The fourth-order valence-electron chi connectivity index (χ4n) is 2.31. The van der Waals surface area contributed by atoms with Crippen molar-refractivity contribution >= 4 is 0 Å². The van der Waals surface area contributed by atoms with E-state index >= 15 is 0 Å². The van der Waals surface area contributed by atoms with Crippen LogP contribution in [-0.4, -0.2) is 30.6 Å². The van der Waals surface area contributed by atoms with Crippen molar-refractivity contribution in [2.75, 3.05) is 19.6 Å². The van der Waals surface area contributed by atoms with Crippen molar-refractivity contribution in [3.63, 3.8) is 0 Å². The molecule has 0 radical (unpaired) electrons. The monoisotopic (exact) mass is 228 g/mol. The maximum Gasteiger partial charge on any atom is 0.0218 e. The SMILES string of the molecule is CCCCCCC(CN)N(CCC)CCC. The van der Waals surface area contributed by atoms with Crippen molar-refractivity contribution in [3.05, 3.63) is 0 Å². The Labute approximate surface area is 103 Å². The van der Waals surface area contributed by atoms with Crippen LogP contribution in [0.5, 0.6) is 0 Å². The van der Waals surface area contributed by atoms with Gasteiger partial charge in [0.1, 0.15) is 0 Å². The van der Waals surface area contributed by atoms with E-state index in [1.54, 1.807) is 0 Å². The average molecular weight is 228 g/mol. The van der Waals surface area contributed by atoms with Crippen molar-refractivity contribution in [3.8, 4) is 0 Å². The van der Waals surface area contributed by atoms with Gasteiger partial charge in [0.25, 0.3) is 0 Å². The summed E-state index contributed by atoms with van der Waals surface area (Å²) >= 11 is 0. The zero-order valence-electron chi connectivity index (χ0n) is 11.7. The third-order valence-corrected chi connectivity index (χ3v) is 3.20. The molecule has 0 heterocycles. The molecule has 0 saturated carbocycles. The van der Waals surface area contributed by atoms with E-state index in [-0.39, 0.29) is 0 Å². The van der Waals surface area contributed by atoms with Crippen LogP contribution in [-0.2, 0) is 0 Å². The van der Waals surface area contributed by atoms with E-state index in [0.29, 0.717) is 6.04 Å². The second-order valence-electron chi connectivity index (χ2n) is 4.77. The fourth-order valence-corrected chi connectivity index (χ4v) is 2.31. The minimum absolute atomic E-state index is 0.622. The van der Waals surface area contributed by atoms with E-state index in [0.717, 1.165) is 6.54 Å². The highest BCUT2D eigenvalue weighted by Crippen LogP contribution is 2.11. The highest BCUT2D eigenvalue weighted by molar-refractivity contribution is 4.72. The Bertz CT molecular complexity index is 131. The van der Waals surface area contributed by atoms with Crippen LogP contribution in [0.25, 0.3) is 0 Å². The smallest absolute Gasteiger partial charge is 0.0218 e. The lowest BCUT2D eigenvalue weighted by Gasteiger charge is -2.30. The number of hydrogen-bond donors (Lipinski definition) is 1. The third kappa shape index (κ3) is 7.24. The van der Waals surface area contributed by atoms with Crippen LogP contribution in [0.4, 0.5) is 0 Å². The zero-order valence-corrected chi connectivity index (χ0v) is 11.7. The predicted molar refractivity (Wildman–Crippen MR) is 73.8 cm³/mol. The molecule has 2 nitrogen and oxygen atoms in total. The summed E-state index contributed by atoms with van der Waals surface area (Å²) in [5.41, 5.74) is 5.91. The molecule has 98 valence electrons. The molecule has 0 aliphatic rings. The Balaban J connectivity index is 3.89. The molecule has 0 aromatic heterocycles. The quantitative estimate of drug-likeness (QED) is 0.549. The normalized spacial score (nSPS) is 13.3. The highest BCUT2D eigenvalue weighted by atomic mass is 15.2. The van der Waals surface area contributed by atoms with Gasteiger partial charge in [0.05, 0.1) is 0 Å². The van der Waals surface area contributed by atoms with Crippen LogP contribution in [0.2, 0.25) is 0 Å². The van der Waals surface area contributed by atoms with Gasteiger partial charge < -0.3 is 5.73 Å². The molecule has 2 heteroatoms. The Morgan fingerprint density at radius 2 is 1.50 bits per heavy atom. The molecule has 0 saturated heterocycles. The maximum absolute atomic E-state index is 5.91. The second kappa shape index (κ2) is 11.4. The lowest BCUT2D eigenvalue weighted by Crippen LogP contribution is -2.41. The van der Waals surface area contributed by atoms with Crippen molar-refractivity contribution < 1.29 is 0 Å². The van der Waals surface area contributed by atoms with Gasteiger partial charge in [-0.2, -0.15) is 0 Å². The topological polar surface area (TPSA) is 29.3 Å². The molecule has 1 unspecified atom stereocenters. The molecule has 0 rings (SSSR count). The third-order valence-electron chi connectivity index (χ3n) is 3.20. The van der Waals surface area contributed by atoms with E-state index < -0.39 is 0 Å². The molecule has 0 aliphatic heterocycles. The predicted octanol–water partition coefficient (Wildman–Crippen LogP) is 3.41. The molecule has 0 aromatic carbocycles. The van der Waals surface area contributed by atoms with Crippen LogP contribution in [0.3, 0.4) is 0 Å². The number of unbranched alkanes of at least 4 members (excludes halogenated alkanes) is 3. The van der Waals surface area contributed by atoms with Crippen LogP contribution in [0.1, 0.15) is 65.7 Å². The van der Waals surface area contributed by atoms with Crippen LogP contribution < -0.4 is 5.73 Å². The largest absolute Gasteiger partial charge is 0.329 e. The summed E-state index contributed by atoms with van der Waals surface area (Å²) in [5.74, 6) is 0. The van der Waals surface area contributed by atoms with Gasteiger partial charge in [-0.3, -0.25) is 4.90 Å². The Kier molecular flexibility index (Phi) is 11.3. The first-order valence-electron chi connectivity index (χ1n) is 7.24. The zero-order chi connectivity index (χ0) is 12.2. The summed E-state index contributed by atoms with van der Waals surface area (Å²) in [6, 6.07) is 0.622. The molecule has 16 heavy (non-hydrogen) atoms. The first kappa shape index (κ1) is 15.9. The van der Waals surface area contributed by atoms with E-state index in [1.807, 2.05) is 0 Å². The van der Waals surface area contributed by atoms with Gasteiger partial charge in [-0.1, -0.05) is 46.5 Å². The van der Waals surface area contributed by atoms with Crippen molar-refractivity contribution in [1.82, 2.24) is 4.90 Å². The Morgan fingerprint density at radius 1 is 0.875 bits per heavy atom. The van der Waals surface area contributed by atoms with Crippen molar-refractivity contribution in [1.29, 1.82) is 0 Å². The van der Waals surface area contributed by atoms with Crippen LogP contribution >= 0.6 is 0 Å². The summed E-state index contributed by atoms with van der Waals surface area (Å²) in [4.78, 5) is 2.59. The summed E-state index contributed by atoms with van der Waals surface area (Å²) in [6.45, 7) is 10.0. The van der Waals surface area contributed by atoms with Gasteiger partial charge in [0.2, 0.25) is 0 Å². The lowest BCUT2D eigenvalue weighted by molar-refractivity contribution is 0.188. The molecule has 1 atom stereocenters. The minimum atomic E-state index is 0.622. The van der Waals surface area contributed by atoms with Gasteiger partial charge in [-0.05, 0) is 32.4 Å². The summed E-state index contributed by atoms with van der Waals surface area (Å²) < 4.78 is 0. The number of nitrogens with zero attached hydrogens (tertiary/aromatic N) is 1. The number of rotatable bonds is 11. The lowest BCUT2D eigenvalue weighted by atomic mass is 10.1. The highest BCUT2D eigenvalue weighted by Gasteiger charge is 2.14. The molecular formula is C14H32N2. The molecule has 0 spiro atoms. The molecule has 0 aromatic rings. The van der Waals surface area contributed by atoms with Crippen molar-refractivity contribution in [2.24, 2.45) is 5.73 Å². The summed E-state index contributed by atoms with van der Waals surface area (Å²) in [6.07, 6.45) is 9.19. The van der Waals surface area contributed by atoms with Crippen LogP contribution in [0.15, 0.2) is 0 Å². The molecule has 0 fully saturated rings. The van der Waals surface area contributed by atoms with Gasteiger partial charge >= 0.3 is 0 Å². The number of nitrogens with two attached hydrogens (primary N) is 1. The van der Waals surface area contributed by atoms with E-state index in [1.165, 1.54) is 58.0 Å². The molecular weight excluding hydrogens is 196 g/mol. The standard InChI is InChI=1S/C14H32N2/c1-4-7-8-9-10-14(13-15)16(11-5-2)12-6-3/h14H,4-13,15H2,1-3H3. The first-order valence-corrected chi connectivity index (χ1v) is 7.24. The molecule has 0 amide bonds. The Morgan fingerprint density at radius 3 is 1.94 bits per heavy atom. The molecule has 0 bridgehead atoms. The summed E-state index contributed by atoms with van der Waals surface area (Å²) in [5, 5.41) is 0. The van der Waals surface area contributed by atoms with E-state index in [4.69, 9.17) is 5.73 Å². The molecule has 0 aliphatic carbocycles. The average Bonchev–Trinajstić information content (AvgIpc) is 2.29. The van der Waals surface area contributed by atoms with Gasteiger partial charge in [-0.15, -0.1) is 0 Å². The van der Waals surface area contributed by atoms with Crippen LogP contribution in [0, 0.1) is 0 Å². The Hall–Kier alpha value is -0.0800. The van der Waals surface area contributed by atoms with Gasteiger partial charge in [0, 0.05) is 12.6 Å². The second-order valence-corrected chi connectivity index (χ2v) is 4.77. The van der Waals surface area contributed by atoms with E-state index in [9.17, 15) is 0 Å². The first-order chi connectivity index (χ1) is 7.79. The molecule has 2 N–H and O–H groups in total. The minimum Gasteiger partial charge on any atom is -0.329 e. The number of hydrogen-bond acceptors (Lipinski definition) is 2. The van der Waals surface area contributed by atoms with Gasteiger partial charge in [0.15, 0.2) is 0 Å². The van der Waals surface area contributed by atoms with Gasteiger partial charge in [-0.25, -0.2) is 0 Å². The fraction of sp³-hybridized carbons (Fsp3) is 1.00. The van der Waals surface area contributed by atoms with E-state index in [2.05, 4.69) is 25.7 Å². The maximum atomic E-state index is 5.91. The summed E-state index contributed by atoms with van der Waals surface area (Å²) in [7, 11) is 0. The van der Waals surface area contributed by atoms with Crippen molar-refractivity contribution in [2.45, 2.75) is 71.8 Å².